The summed E-state index contributed by atoms with van der Waals surface area (Å²) in [6.07, 6.45) is 1.11. The highest BCUT2D eigenvalue weighted by molar-refractivity contribution is 9.10. The van der Waals surface area contributed by atoms with Crippen molar-refractivity contribution in [1.82, 2.24) is 0 Å². The Bertz CT molecular complexity index is 915. The fourth-order valence-corrected chi connectivity index (χ4v) is 3.61. The molecule has 1 amide bonds. The standard InChI is InChI=1S/C17H19BrN2O5S/c1-24-12-5-7-13(15(9-12)25-2)20-17(21)10-19-14-6-4-11(18)8-16(14)26(3,22)23/h4-9,19H,10H2,1-3H3,(H,20,21). The summed E-state index contributed by atoms with van der Waals surface area (Å²) in [7, 11) is -0.414. The average Bonchev–Trinajstić information content (AvgIpc) is 2.60. The van der Waals surface area contributed by atoms with E-state index in [1.165, 1.54) is 20.3 Å². The summed E-state index contributed by atoms with van der Waals surface area (Å²) in [6.45, 7) is -0.112. The van der Waals surface area contributed by atoms with Gasteiger partial charge in [-0.2, -0.15) is 0 Å². The lowest BCUT2D eigenvalue weighted by atomic mass is 10.2. The number of ether oxygens (including phenoxy) is 2. The maximum Gasteiger partial charge on any atom is 0.243 e. The van der Waals surface area contributed by atoms with Gasteiger partial charge in [0.15, 0.2) is 9.84 Å². The molecule has 0 unspecified atom stereocenters. The molecule has 0 aliphatic rings. The lowest BCUT2D eigenvalue weighted by Crippen LogP contribution is -2.22. The van der Waals surface area contributed by atoms with Crippen LogP contribution in [0.4, 0.5) is 11.4 Å². The van der Waals surface area contributed by atoms with Crippen LogP contribution in [0.3, 0.4) is 0 Å². The minimum absolute atomic E-state index is 0.112. The molecule has 0 fully saturated rings. The summed E-state index contributed by atoms with van der Waals surface area (Å²) in [5, 5.41) is 5.56. The fourth-order valence-electron chi connectivity index (χ4n) is 2.22. The molecule has 0 spiro atoms. The van der Waals surface area contributed by atoms with E-state index in [1.807, 2.05) is 0 Å². The SMILES string of the molecule is COc1ccc(NC(=O)CNc2ccc(Br)cc2S(C)(=O)=O)c(OC)c1. The predicted octanol–water partition coefficient (Wildman–Crippen LogP) is 2.92. The van der Waals surface area contributed by atoms with Crippen LogP contribution in [-0.4, -0.2) is 41.3 Å². The maximum atomic E-state index is 12.2. The number of rotatable bonds is 7. The van der Waals surface area contributed by atoms with Gasteiger partial charge in [0.25, 0.3) is 0 Å². The monoisotopic (exact) mass is 442 g/mol. The number of benzene rings is 2. The van der Waals surface area contributed by atoms with Crippen LogP contribution in [0.1, 0.15) is 0 Å². The molecule has 2 N–H and O–H groups in total. The molecule has 2 aromatic carbocycles. The number of carbonyl (C=O) groups is 1. The molecule has 2 aromatic rings. The first-order valence-corrected chi connectivity index (χ1v) is 10.2. The van der Waals surface area contributed by atoms with Crippen molar-refractivity contribution in [1.29, 1.82) is 0 Å². The molecular formula is C17H19BrN2O5S. The van der Waals surface area contributed by atoms with Crippen molar-refractivity contribution < 1.29 is 22.7 Å². The van der Waals surface area contributed by atoms with Gasteiger partial charge in [-0.15, -0.1) is 0 Å². The number of amides is 1. The molecular weight excluding hydrogens is 424 g/mol. The van der Waals surface area contributed by atoms with Gasteiger partial charge in [0.2, 0.25) is 5.91 Å². The molecule has 0 aliphatic carbocycles. The Morgan fingerprint density at radius 1 is 1.08 bits per heavy atom. The van der Waals surface area contributed by atoms with Crippen LogP contribution in [0.25, 0.3) is 0 Å². The largest absolute Gasteiger partial charge is 0.497 e. The predicted molar refractivity (Wildman–Crippen MR) is 104 cm³/mol. The molecule has 7 nitrogen and oxygen atoms in total. The lowest BCUT2D eigenvalue weighted by molar-refractivity contribution is -0.114. The Morgan fingerprint density at radius 3 is 2.38 bits per heavy atom. The summed E-state index contributed by atoms with van der Waals surface area (Å²) >= 11 is 3.25. The van der Waals surface area contributed by atoms with E-state index in [4.69, 9.17) is 9.47 Å². The van der Waals surface area contributed by atoms with Crippen LogP contribution < -0.4 is 20.1 Å². The fraction of sp³-hybridized carbons (Fsp3) is 0.235. The van der Waals surface area contributed by atoms with Crippen molar-refractivity contribution in [3.63, 3.8) is 0 Å². The zero-order valence-corrected chi connectivity index (χ0v) is 16.9. The van der Waals surface area contributed by atoms with Crippen molar-refractivity contribution in [2.45, 2.75) is 4.90 Å². The number of anilines is 2. The van der Waals surface area contributed by atoms with Crippen LogP contribution in [0.5, 0.6) is 11.5 Å². The van der Waals surface area contributed by atoms with E-state index < -0.39 is 9.84 Å². The third-order valence-electron chi connectivity index (χ3n) is 3.47. The number of halogens is 1. The average molecular weight is 443 g/mol. The first-order valence-electron chi connectivity index (χ1n) is 7.50. The summed E-state index contributed by atoms with van der Waals surface area (Å²) in [5.41, 5.74) is 0.840. The number of carbonyl (C=O) groups excluding carboxylic acids is 1. The van der Waals surface area contributed by atoms with Gasteiger partial charge in [0.05, 0.1) is 37.0 Å². The molecule has 0 saturated heterocycles. The van der Waals surface area contributed by atoms with Crippen molar-refractivity contribution in [3.05, 3.63) is 40.9 Å². The Morgan fingerprint density at radius 2 is 1.77 bits per heavy atom. The van der Waals surface area contributed by atoms with Crippen LogP contribution in [0.2, 0.25) is 0 Å². The topological polar surface area (TPSA) is 93.7 Å². The molecule has 2 rings (SSSR count). The molecule has 140 valence electrons. The van der Waals surface area contributed by atoms with Gasteiger partial charge >= 0.3 is 0 Å². The van der Waals surface area contributed by atoms with E-state index in [-0.39, 0.29) is 17.3 Å². The minimum Gasteiger partial charge on any atom is -0.497 e. The number of hydrogen-bond acceptors (Lipinski definition) is 6. The zero-order valence-electron chi connectivity index (χ0n) is 14.5. The third-order valence-corrected chi connectivity index (χ3v) is 5.10. The number of methoxy groups -OCH3 is 2. The Labute approximate surface area is 160 Å². The van der Waals surface area contributed by atoms with E-state index in [1.54, 1.807) is 30.3 Å². The van der Waals surface area contributed by atoms with Crippen molar-refractivity contribution >= 4 is 43.0 Å². The Balaban J connectivity index is 2.11. The normalized spacial score (nSPS) is 10.9. The summed E-state index contributed by atoms with van der Waals surface area (Å²) in [6, 6.07) is 9.80. The lowest BCUT2D eigenvalue weighted by Gasteiger charge is -2.13. The molecule has 0 atom stereocenters. The van der Waals surface area contributed by atoms with Crippen LogP contribution in [0.15, 0.2) is 45.8 Å². The molecule has 26 heavy (non-hydrogen) atoms. The van der Waals surface area contributed by atoms with E-state index in [0.29, 0.717) is 27.3 Å². The smallest absolute Gasteiger partial charge is 0.243 e. The van der Waals surface area contributed by atoms with Gasteiger partial charge in [-0.1, -0.05) is 15.9 Å². The first-order chi connectivity index (χ1) is 12.2. The van der Waals surface area contributed by atoms with Gasteiger partial charge in [-0.25, -0.2) is 8.42 Å². The highest BCUT2D eigenvalue weighted by atomic mass is 79.9. The molecule has 0 aliphatic heterocycles. The first kappa shape index (κ1) is 20.1. The van der Waals surface area contributed by atoms with E-state index in [9.17, 15) is 13.2 Å². The highest BCUT2D eigenvalue weighted by Gasteiger charge is 2.15. The second kappa shape index (κ2) is 8.41. The van der Waals surface area contributed by atoms with Gasteiger partial charge in [-0.05, 0) is 30.3 Å². The number of nitrogens with one attached hydrogen (secondary N) is 2. The second-order valence-corrected chi connectivity index (χ2v) is 8.28. The summed E-state index contributed by atoms with van der Waals surface area (Å²) < 4.78 is 34.8. The van der Waals surface area contributed by atoms with Crippen molar-refractivity contribution in [3.8, 4) is 11.5 Å². The van der Waals surface area contributed by atoms with E-state index in [2.05, 4.69) is 26.6 Å². The quantitative estimate of drug-likeness (QED) is 0.684. The zero-order chi connectivity index (χ0) is 19.3. The highest BCUT2D eigenvalue weighted by Crippen LogP contribution is 2.29. The van der Waals surface area contributed by atoms with Crippen LogP contribution in [0, 0.1) is 0 Å². The molecule has 0 bridgehead atoms. The number of sulfone groups is 1. The minimum atomic E-state index is -3.44. The Hall–Kier alpha value is -2.26. The van der Waals surface area contributed by atoms with E-state index in [0.717, 1.165) is 6.26 Å². The van der Waals surface area contributed by atoms with E-state index >= 15 is 0 Å². The second-order valence-electron chi connectivity index (χ2n) is 5.38. The third kappa shape index (κ3) is 5.12. The molecule has 0 heterocycles. The van der Waals surface area contributed by atoms with Gasteiger partial charge in [0.1, 0.15) is 11.5 Å². The molecule has 0 saturated carbocycles. The molecule has 0 radical (unpaired) electrons. The number of hydrogen-bond donors (Lipinski definition) is 2. The molecule has 9 heteroatoms. The van der Waals surface area contributed by atoms with Gasteiger partial charge in [-0.3, -0.25) is 4.79 Å². The molecule has 0 aromatic heterocycles. The summed E-state index contributed by atoms with van der Waals surface area (Å²) in [5.74, 6) is 0.708. The maximum absolute atomic E-state index is 12.2. The van der Waals surface area contributed by atoms with Crippen LogP contribution >= 0.6 is 15.9 Å². The van der Waals surface area contributed by atoms with Gasteiger partial charge in [0, 0.05) is 16.8 Å². The van der Waals surface area contributed by atoms with Crippen molar-refractivity contribution in [2.24, 2.45) is 0 Å². The van der Waals surface area contributed by atoms with Crippen molar-refractivity contribution in [2.75, 3.05) is 37.7 Å². The van der Waals surface area contributed by atoms with Crippen LogP contribution in [-0.2, 0) is 14.6 Å². The Kier molecular flexibility index (Phi) is 6.49. The summed E-state index contributed by atoms with van der Waals surface area (Å²) in [4.78, 5) is 12.3. The van der Waals surface area contributed by atoms with Gasteiger partial charge < -0.3 is 20.1 Å².